The SMILES string of the molecule is Cn1nc(C(=O)NC2COCC2n2nc(-c3ccncc3)ccc2=O)c2ccccc21. The van der Waals surface area contributed by atoms with Gasteiger partial charge in [0.1, 0.15) is 6.04 Å². The summed E-state index contributed by atoms with van der Waals surface area (Å²) in [6.45, 7) is 0.565. The van der Waals surface area contributed by atoms with Crippen LogP contribution in [0.4, 0.5) is 0 Å². The molecule has 2 atom stereocenters. The van der Waals surface area contributed by atoms with E-state index in [0.29, 0.717) is 11.4 Å². The van der Waals surface area contributed by atoms with E-state index in [1.54, 1.807) is 30.2 Å². The van der Waals surface area contributed by atoms with Gasteiger partial charge in [0.05, 0.1) is 30.5 Å². The van der Waals surface area contributed by atoms with E-state index in [-0.39, 0.29) is 24.7 Å². The number of nitrogens with zero attached hydrogens (tertiary/aromatic N) is 5. The summed E-state index contributed by atoms with van der Waals surface area (Å²) in [6, 6.07) is 13.5. The van der Waals surface area contributed by atoms with E-state index in [2.05, 4.69) is 20.5 Å². The molecule has 1 amide bonds. The highest BCUT2D eigenvalue weighted by Gasteiger charge is 2.33. The number of hydrogen-bond donors (Lipinski definition) is 1. The van der Waals surface area contributed by atoms with Crippen LogP contribution in [0, 0.1) is 0 Å². The number of nitrogens with one attached hydrogen (secondary N) is 1. The Morgan fingerprint density at radius 1 is 1.06 bits per heavy atom. The Labute approximate surface area is 177 Å². The average Bonchev–Trinajstić information content (AvgIpc) is 3.39. The number of amides is 1. The average molecular weight is 416 g/mol. The number of pyridine rings is 1. The monoisotopic (exact) mass is 416 g/mol. The summed E-state index contributed by atoms with van der Waals surface area (Å²) in [6.07, 6.45) is 3.34. The summed E-state index contributed by atoms with van der Waals surface area (Å²) in [5.41, 5.74) is 2.46. The van der Waals surface area contributed by atoms with E-state index < -0.39 is 12.1 Å². The minimum atomic E-state index is -0.423. The van der Waals surface area contributed by atoms with Crippen molar-refractivity contribution >= 4 is 16.8 Å². The van der Waals surface area contributed by atoms with Crippen LogP contribution in [0.25, 0.3) is 22.2 Å². The highest BCUT2D eigenvalue weighted by atomic mass is 16.5. The summed E-state index contributed by atoms with van der Waals surface area (Å²) in [4.78, 5) is 29.6. The maximum absolute atomic E-state index is 13.0. The van der Waals surface area contributed by atoms with Crippen LogP contribution in [-0.2, 0) is 11.8 Å². The molecule has 4 heterocycles. The Balaban J connectivity index is 1.44. The maximum Gasteiger partial charge on any atom is 0.272 e. The van der Waals surface area contributed by atoms with Crippen LogP contribution in [0.2, 0.25) is 0 Å². The van der Waals surface area contributed by atoms with Crippen LogP contribution in [-0.4, -0.2) is 49.7 Å². The Bertz CT molecular complexity index is 1310. The molecule has 1 saturated heterocycles. The fourth-order valence-electron chi connectivity index (χ4n) is 3.88. The fourth-order valence-corrected chi connectivity index (χ4v) is 3.88. The number of aromatic nitrogens is 5. The fraction of sp³-hybridized carbons (Fsp3) is 0.227. The number of aryl methyl sites for hydroxylation is 1. The molecule has 9 heteroatoms. The highest BCUT2D eigenvalue weighted by molar-refractivity contribution is 6.05. The van der Waals surface area contributed by atoms with Gasteiger partial charge in [-0.15, -0.1) is 0 Å². The number of hydrogen-bond acceptors (Lipinski definition) is 6. The summed E-state index contributed by atoms with van der Waals surface area (Å²) in [7, 11) is 1.80. The first-order valence-electron chi connectivity index (χ1n) is 9.92. The van der Waals surface area contributed by atoms with Crippen LogP contribution in [0.15, 0.2) is 65.7 Å². The molecule has 1 fully saturated rings. The lowest BCUT2D eigenvalue weighted by atomic mass is 10.1. The zero-order valence-electron chi connectivity index (χ0n) is 16.8. The molecule has 0 spiro atoms. The lowest BCUT2D eigenvalue weighted by Crippen LogP contribution is -2.44. The standard InChI is InChI=1S/C22H20N6O3/c1-27-18-5-3-2-4-15(18)21(26-27)22(30)24-17-12-31-13-19(17)28-20(29)7-6-16(25-28)14-8-10-23-11-9-14/h2-11,17,19H,12-13H2,1H3,(H,24,30). The number of ether oxygens (including phenoxy) is 1. The Kier molecular flexibility index (Phi) is 4.79. The minimum Gasteiger partial charge on any atom is -0.377 e. The largest absolute Gasteiger partial charge is 0.377 e. The number of benzene rings is 1. The minimum absolute atomic E-state index is 0.254. The van der Waals surface area contributed by atoms with Gasteiger partial charge in [0.15, 0.2) is 5.69 Å². The number of carbonyl (C=O) groups excluding carboxylic acids is 1. The van der Waals surface area contributed by atoms with Crippen LogP contribution in [0.3, 0.4) is 0 Å². The predicted molar refractivity (Wildman–Crippen MR) is 114 cm³/mol. The van der Waals surface area contributed by atoms with Crippen LogP contribution < -0.4 is 10.9 Å². The zero-order chi connectivity index (χ0) is 21.4. The third-order valence-electron chi connectivity index (χ3n) is 5.46. The molecule has 0 aliphatic carbocycles. The molecule has 1 aliphatic rings. The first kappa shape index (κ1) is 19.1. The van der Waals surface area contributed by atoms with Crippen molar-refractivity contribution in [3.63, 3.8) is 0 Å². The molecule has 0 saturated carbocycles. The smallest absolute Gasteiger partial charge is 0.272 e. The van der Waals surface area contributed by atoms with Crippen molar-refractivity contribution in [2.75, 3.05) is 13.2 Å². The number of rotatable bonds is 4. The molecule has 5 rings (SSSR count). The van der Waals surface area contributed by atoms with Gasteiger partial charge in [-0.25, -0.2) is 4.68 Å². The van der Waals surface area contributed by atoms with Gasteiger partial charge in [0, 0.05) is 36.5 Å². The van der Waals surface area contributed by atoms with Gasteiger partial charge >= 0.3 is 0 Å². The topological polar surface area (TPSA) is 104 Å². The van der Waals surface area contributed by atoms with E-state index >= 15 is 0 Å². The van der Waals surface area contributed by atoms with Crippen molar-refractivity contribution in [2.24, 2.45) is 7.05 Å². The van der Waals surface area contributed by atoms with E-state index in [0.717, 1.165) is 16.5 Å². The summed E-state index contributed by atoms with van der Waals surface area (Å²) >= 11 is 0. The number of carbonyl (C=O) groups is 1. The first-order chi connectivity index (χ1) is 15.1. The van der Waals surface area contributed by atoms with Crippen molar-refractivity contribution in [3.05, 3.63) is 77.0 Å². The molecule has 3 aromatic heterocycles. The summed E-state index contributed by atoms with van der Waals surface area (Å²) in [5.74, 6) is -0.310. The van der Waals surface area contributed by atoms with E-state index in [4.69, 9.17) is 4.74 Å². The van der Waals surface area contributed by atoms with Crippen molar-refractivity contribution in [3.8, 4) is 11.3 Å². The molecule has 156 valence electrons. The number of fused-ring (bicyclic) bond motifs is 1. The molecule has 1 N–H and O–H groups in total. The first-order valence-corrected chi connectivity index (χ1v) is 9.92. The van der Waals surface area contributed by atoms with Crippen LogP contribution in [0.5, 0.6) is 0 Å². The Morgan fingerprint density at radius 3 is 2.71 bits per heavy atom. The second-order valence-corrected chi connectivity index (χ2v) is 7.41. The molecular weight excluding hydrogens is 396 g/mol. The maximum atomic E-state index is 13.0. The molecule has 9 nitrogen and oxygen atoms in total. The molecular formula is C22H20N6O3. The zero-order valence-corrected chi connectivity index (χ0v) is 16.8. The third kappa shape index (κ3) is 3.49. The normalized spacial score (nSPS) is 18.4. The molecule has 1 aliphatic heterocycles. The predicted octanol–water partition coefficient (Wildman–Crippen LogP) is 1.56. The molecule has 2 unspecified atom stereocenters. The molecule has 0 radical (unpaired) electrons. The van der Waals surface area contributed by atoms with Gasteiger partial charge in [-0.3, -0.25) is 19.3 Å². The van der Waals surface area contributed by atoms with Crippen molar-refractivity contribution < 1.29 is 9.53 Å². The van der Waals surface area contributed by atoms with E-state index in [9.17, 15) is 9.59 Å². The van der Waals surface area contributed by atoms with Crippen molar-refractivity contribution in [1.82, 2.24) is 29.9 Å². The van der Waals surface area contributed by atoms with Gasteiger partial charge < -0.3 is 10.1 Å². The third-order valence-corrected chi connectivity index (χ3v) is 5.46. The van der Waals surface area contributed by atoms with Crippen molar-refractivity contribution in [1.29, 1.82) is 0 Å². The lowest BCUT2D eigenvalue weighted by molar-refractivity contribution is 0.0920. The molecule has 4 aromatic rings. The van der Waals surface area contributed by atoms with Gasteiger partial charge in [-0.05, 0) is 24.3 Å². The van der Waals surface area contributed by atoms with Gasteiger partial charge in [0.25, 0.3) is 11.5 Å². The highest BCUT2D eigenvalue weighted by Crippen LogP contribution is 2.22. The summed E-state index contributed by atoms with van der Waals surface area (Å²) < 4.78 is 8.67. The molecule has 0 bridgehead atoms. The van der Waals surface area contributed by atoms with E-state index in [1.165, 1.54) is 10.7 Å². The Morgan fingerprint density at radius 2 is 1.87 bits per heavy atom. The molecule has 1 aromatic carbocycles. The Hall–Kier alpha value is -3.85. The van der Waals surface area contributed by atoms with Crippen LogP contribution in [0.1, 0.15) is 16.5 Å². The van der Waals surface area contributed by atoms with E-state index in [1.807, 2.05) is 36.4 Å². The second-order valence-electron chi connectivity index (χ2n) is 7.41. The molecule has 31 heavy (non-hydrogen) atoms. The lowest BCUT2D eigenvalue weighted by Gasteiger charge is -2.20. The van der Waals surface area contributed by atoms with Gasteiger partial charge in [-0.2, -0.15) is 10.2 Å². The number of para-hydroxylation sites is 1. The van der Waals surface area contributed by atoms with Crippen LogP contribution >= 0.6 is 0 Å². The van der Waals surface area contributed by atoms with Gasteiger partial charge in [0.2, 0.25) is 0 Å². The second kappa shape index (κ2) is 7.77. The van der Waals surface area contributed by atoms with Crippen molar-refractivity contribution in [2.45, 2.75) is 12.1 Å². The summed E-state index contributed by atoms with van der Waals surface area (Å²) in [5, 5.41) is 12.7. The quantitative estimate of drug-likeness (QED) is 0.542. The van der Waals surface area contributed by atoms with Gasteiger partial charge in [-0.1, -0.05) is 18.2 Å².